The highest BCUT2D eigenvalue weighted by atomic mass is 16.2. The van der Waals surface area contributed by atoms with Crippen molar-refractivity contribution in [2.24, 2.45) is 11.8 Å². The van der Waals surface area contributed by atoms with Crippen molar-refractivity contribution < 1.29 is 4.79 Å². The molecule has 0 bridgehead atoms. The number of rotatable bonds is 4. The summed E-state index contributed by atoms with van der Waals surface area (Å²) in [5, 5.41) is 3.38. The van der Waals surface area contributed by atoms with Crippen molar-refractivity contribution in [2.75, 3.05) is 6.67 Å². The van der Waals surface area contributed by atoms with Crippen molar-refractivity contribution in [3.8, 4) is 0 Å². The van der Waals surface area contributed by atoms with Gasteiger partial charge in [0.25, 0.3) is 0 Å². The van der Waals surface area contributed by atoms with Crippen molar-refractivity contribution in [3.05, 3.63) is 0 Å². The molecule has 4 unspecified atom stereocenters. The molecular weight excluding hydrogens is 212 g/mol. The van der Waals surface area contributed by atoms with Gasteiger partial charge in [-0.25, -0.2) is 0 Å². The number of unbranched alkanes of at least 4 members (excludes halogenated alkanes) is 1. The van der Waals surface area contributed by atoms with Gasteiger partial charge < -0.3 is 4.90 Å². The fourth-order valence-electron chi connectivity index (χ4n) is 3.27. The third kappa shape index (κ3) is 2.49. The Balaban J connectivity index is 1.93. The molecule has 0 radical (unpaired) electrons. The molecular formula is C14H26N2O. The molecule has 0 aromatic heterocycles. The first kappa shape index (κ1) is 12.9. The van der Waals surface area contributed by atoms with E-state index in [-0.39, 0.29) is 6.04 Å². The van der Waals surface area contributed by atoms with Gasteiger partial charge >= 0.3 is 0 Å². The molecule has 2 fully saturated rings. The lowest BCUT2D eigenvalue weighted by atomic mass is 9.97. The summed E-state index contributed by atoms with van der Waals surface area (Å²) < 4.78 is 0. The molecule has 1 saturated heterocycles. The smallest absolute Gasteiger partial charge is 0.241 e. The van der Waals surface area contributed by atoms with Crippen LogP contribution in [0.2, 0.25) is 0 Å². The number of carbonyl (C=O) groups excluding carboxylic acids is 1. The highest BCUT2D eigenvalue weighted by Crippen LogP contribution is 2.35. The largest absolute Gasteiger partial charge is 0.325 e. The fourth-order valence-corrected chi connectivity index (χ4v) is 3.27. The van der Waals surface area contributed by atoms with Crippen molar-refractivity contribution >= 4 is 5.91 Å². The van der Waals surface area contributed by atoms with Crippen molar-refractivity contribution in [1.82, 2.24) is 10.2 Å². The lowest BCUT2D eigenvalue weighted by Gasteiger charge is -2.28. The minimum absolute atomic E-state index is 0.0954. The van der Waals surface area contributed by atoms with Gasteiger partial charge in [0.15, 0.2) is 0 Å². The van der Waals surface area contributed by atoms with E-state index < -0.39 is 0 Å². The van der Waals surface area contributed by atoms with Crippen LogP contribution >= 0.6 is 0 Å². The number of nitrogens with one attached hydrogen (secondary N) is 1. The Morgan fingerprint density at radius 1 is 1.35 bits per heavy atom. The zero-order chi connectivity index (χ0) is 12.4. The first-order chi connectivity index (χ1) is 8.15. The van der Waals surface area contributed by atoms with Crippen LogP contribution in [0.15, 0.2) is 0 Å². The lowest BCUT2D eigenvalue weighted by Crippen LogP contribution is -2.40. The molecule has 1 aliphatic carbocycles. The Morgan fingerprint density at radius 3 is 2.71 bits per heavy atom. The molecule has 1 saturated carbocycles. The molecule has 1 N–H and O–H groups in total. The van der Waals surface area contributed by atoms with Crippen molar-refractivity contribution in [2.45, 2.75) is 65.0 Å². The van der Waals surface area contributed by atoms with Crippen LogP contribution in [0.1, 0.15) is 52.9 Å². The average Bonchev–Trinajstić information content (AvgIpc) is 2.82. The Labute approximate surface area is 105 Å². The Bertz CT molecular complexity index is 279. The van der Waals surface area contributed by atoms with Crippen LogP contribution in [0.5, 0.6) is 0 Å². The summed E-state index contributed by atoms with van der Waals surface area (Å²) in [6.07, 6.45) is 5.78. The van der Waals surface area contributed by atoms with Gasteiger partial charge in [-0.1, -0.05) is 33.6 Å². The van der Waals surface area contributed by atoms with Gasteiger partial charge in [-0.3, -0.25) is 10.1 Å². The number of carbonyl (C=O) groups is 1. The van der Waals surface area contributed by atoms with E-state index in [0.717, 1.165) is 25.4 Å². The van der Waals surface area contributed by atoms with Crippen LogP contribution in [0.4, 0.5) is 0 Å². The Hall–Kier alpha value is -0.570. The molecule has 98 valence electrons. The van der Waals surface area contributed by atoms with E-state index in [0.29, 0.717) is 17.9 Å². The maximum absolute atomic E-state index is 12.3. The van der Waals surface area contributed by atoms with Gasteiger partial charge in [-0.05, 0) is 31.1 Å². The van der Waals surface area contributed by atoms with Gasteiger partial charge in [-0.2, -0.15) is 0 Å². The van der Waals surface area contributed by atoms with E-state index in [9.17, 15) is 4.79 Å². The van der Waals surface area contributed by atoms with Crippen molar-refractivity contribution in [1.29, 1.82) is 0 Å². The molecule has 1 aliphatic heterocycles. The molecule has 0 aromatic rings. The molecule has 17 heavy (non-hydrogen) atoms. The Morgan fingerprint density at radius 2 is 2.12 bits per heavy atom. The zero-order valence-corrected chi connectivity index (χ0v) is 11.4. The maximum Gasteiger partial charge on any atom is 0.241 e. The van der Waals surface area contributed by atoms with Crippen LogP contribution < -0.4 is 5.32 Å². The summed E-state index contributed by atoms with van der Waals surface area (Å²) >= 11 is 0. The van der Waals surface area contributed by atoms with Crippen LogP contribution in [0.25, 0.3) is 0 Å². The fraction of sp³-hybridized carbons (Fsp3) is 0.929. The second-order valence-electron chi connectivity index (χ2n) is 5.85. The third-order valence-corrected chi connectivity index (χ3v) is 4.76. The van der Waals surface area contributed by atoms with E-state index in [1.165, 1.54) is 19.3 Å². The van der Waals surface area contributed by atoms with Crippen LogP contribution in [0.3, 0.4) is 0 Å². The molecule has 1 amide bonds. The molecule has 0 aromatic carbocycles. The summed E-state index contributed by atoms with van der Waals surface area (Å²) in [7, 11) is 0. The second-order valence-corrected chi connectivity index (χ2v) is 5.85. The van der Waals surface area contributed by atoms with Gasteiger partial charge in [0.05, 0.1) is 12.7 Å². The highest BCUT2D eigenvalue weighted by Gasteiger charge is 2.41. The normalized spacial score (nSPS) is 38.1. The number of amides is 1. The SMILES string of the molecule is CCCCC1NCN(C2CCC(C)C2C)C1=O. The summed E-state index contributed by atoms with van der Waals surface area (Å²) in [5.41, 5.74) is 0. The highest BCUT2D eigenvalue weighted by molar-refractivity contribution is 5.84. The number of hydrogen-bond acceptors (Lipinski definition) is 2. The predicted molar refractivity (Wildman–Crippen MR) is 69.5 cm³/mol. The first-order valence-electron chi connectivity index (χ1n) is 7.19. The minimum Gasteiger partial charge on any atom is -0.325 e. The summed E-state index contributed by atoms with van der Waals surface area (Å²) in [5.74, 6) is 1.78. The van der Waals surface area contributed by atoms with E-state index in [1.54, 1.807) is 0 Å². The number of hydrogen-bond donors (Lipinski definition) is 1. The first-order valence-corrected chi connectivity index (χ1v) is 7.19. The summed E-state index contributed by atoms with van der Waals surface area (Å²) in [6, 6.07) is 0.578. The molecule has 4 atom stereocenters. The van der Waals surface area contributed by atoms with Gasteiger partial charge in [0, 0.05) is 6.04 Å². The van der Waals surface area contributed by atoms with E-state index in [4.69, 9.17) is 0 Å². The van der Waals surface area contributed by atoms with Crippen LogP contribution in [-0.2, 0) is 4.79 Å². The lowest BCUT2D eigenvalue weighted by molar-refractivity contribution is -0.131. The van der Waals surface area contributed by atoms with Gasteiger partial charge in [-0.15, -0.1) is 0 Å². The molecule has 3 heteroatoms. The number of nitrogens with zero attached hydrogens (tertiary/aromatic N) is 1. The molecule has 2 rings (SSSR count). The van der Waals surface area contributed by atoms with E-state index in [2.05, 4.69) is 31.0 Å². The average molecular weight is 238 g/mol. The van der Waals surface area contributed by atoms with Gasteiger partial charge in [0.2, 0.25) is 5.91 Å². The molecule has 1 heterocycles. The predicted octanol–water partition coefficient (Wildman–Crippen LogP) is 2.37. The quantitative estimate of drug-likeness (QED) is 0.815. The van der Waals surface area contributed by atoms with Crippen LogP contribution in [-0.4, -0.2) is 29.6 Å². The summed E-state index contributed by atoms with van der Waals surface area (Å²) in [6.45, 7) is 7.56. The molecule has 3 nitrogen and oxygen atoms in total. The topological polar surface area (TPSA) is 32.3 Å². The molecule has 0 spiro atoms. The minimum atomic E-state index is 0.0954. The standard InChI is InChI=1S/C14H26N2O/c1-4-5-6-12-14(17)16(9-15-12)13-8-7-10(2)11(13)3/h10-13,15H,4-9H2,1-3H3. The zero-order valence-electron chi connectivity index (χ0n) is 11.4. The Kier molecular flexibility index (Phi) is 4.08. The second kappa shape index (κ2) is 5.38. The third-order valence-electron chi connectivity index (χ3n) is 4.76. The van der Waals surface area contributed by atoms with E-state index >= 15 is 0 Å². The maximum atomic E-state index is 12.3. The van der Waals surface area contributed by atoms with Gasteiger partial charge in [0.1, 0.15) is 0 Å². The van der Waals surface area contributed by atoms with Crippen LogP contribution in [0, 0.1) is 11.8 Å². The molecule has 2 aliphatic rings. The van der Waals surface area contributed by atoms with E-state index in [1.807, 2.05) is 0 Å². The monoisotopic (exact) mass is 238 g/mol. The van der Waals surface area contributed by atoms with Crippen molar-refractivity contribution in [3.63, 3.8) is 0 Å². The summed E-state index contributed by atoms with van der Waals surface area (Å²) in [4.78, 5) is 14.4.